The summed E-state index contributed by atoms with van der Waals surface area (Å²) < 4.78 is 0.883. The Balaban J connectivity index is 2.48. The van der Waals surface area contributed by atoms with Gasteiger partial charge in [0.15, 0.2) is 0 Å². The molecular weight excluding hydrogens is 234 g/mol. The summed E-state index contributed by atoms with van der Waals surface area (Å²) in [5, 5.41) is 2.07. The van der Waals surface area contributed by atoms with Gasteiger partial charge >= 0.3 is 0 Å². The molecule has 0 atom stereocenters. The molecule has 0 saturated heterocycles. The van der Waals surface area contributed by atoms with Crippen LogP contribution in [0.25, 0.3) is 10.4 Å². The fraction of sp³-hybridized carbons (Fsp3) is 0. The van der Waals surface area contributed by atoms with Crippen LogP contribution in [0.5, 0.6) is 0 Å². The van der Waals surface area contributed by atoms with Gasteiger partial charge in [-0.1, -0.05) is 6.07 Å². The molecular formula is C9H6BrNS. The average molecular weight is 240 g/mol. The van der Waals surface area contributed by atoms with Crippen LogP contribution in [-0.2, 0) is 0 Å². The van der Waals surface area contributed by atoms with E-state index in [-0.39, 0.29) is 0 Å². The highest BCUT2D eigenvalue weighted by atomic mass is 79.9. The molecule has 2 rings (SSSR count). The summed E-state index contributed by atoms with van der Waals surface area (Å²) in [6, 6.07) is 8.18. The number of hydrogen-bond donors (Lipinski definition) is 0. The molecule has 0 N–H and O–H groups in total. The quantitative estimate of drug-likeness (QED) is 0.694. The third kappa shape index (κ3) is 1.57. The topological polar surface area (TPSA) is 12.9 Å². The molecule has 0 fully saturated rings. The van der Waals surface area contributed by atoms with E-state index in [0.717, 1.165) is 4.60 Å². The summed E-state index contributed by atoms with van der Waals surface area (Å²) in [6.45, 7) is 0. The maximum absolute atomic E-state index is 4.07. The van der Waals surface area contributed by atoms with Gasteiger partial charge in [-0.2, -0.15) is 0 Å². The van der Waals surface area contributed by atoms with Gasteiger partial charge in [0.1, 0.15) is 4.60 Å². The monoisotopic (exact) mass is 239 g/mol. The van der Waals surface area contributed by atoms with Crippen molar-refractivity contribution < 1.29 is 0 Å². The van der Waals surface area contributed by atoms with Crippen LogP contribution in [0.3, 0.4) is 0 Å². The Labute approximate surface area is 83.2 Å². The van der Waals surface area contributed by atoms with Gasteiger partial charge in [-0.15, -0.1) is 11.3 Å². The van der Waals surface area contributed by atoms with E-state index >= 15 is 0 Å². The molecule has 1 nitrogen and oxygen atoms in total. The Bertz CT molecular complexity index is 370. The van der Waals surface area contributed by atoms with E-state index in [1.54, 1.807) is 17.5 Å². The fourth-order valence-corrected chi connectivity index (χ4v) is 2.09. The number of halogens is 1. The van der Waals surface area contributed by atoms with E-state index in [1.165, 1.54) is 10.4 Å². The molecule has 2 aromatic heterocycles. The average Bonchev–Trinajstić information content (AvgIpc) is 2.56. The maximum Gasteiger partial charge on any atom is 0.106 e. The van der Waals surface area contributed by atoms with Crippen molar-refractivity contribution in [2.45, 2.75) is 0 Å². The highest BCUT2D eigenvalue weighted by Crippen LogP contribution is 2.25. The lowest BCUT2D eigenvalue weighted by atomic mass is 10.2. The van der Waals surface area contributed by atoms with Gasteiger partial charge < -0.3 is 0 Å². The standard InChI is InChI=1S/C9H6BrNS/c10-9-6-7(3-4-11-9)8-2-1-5-12-8/h1-6H. The van der Waals surface area contributed by atoms with E-state index < -0.39 is 0 Å². The minimum Gasteiger partial charge on any atom is -0.249 e. The molecule has 0 radical (unpaired) electrons. The smallest absolute Gasteiger partial charge is 0.106 e. The van der Waals surface area contributed by atoms with Crippen LogP contribution in [0.4, 0.5) is 0 Å². The summed E-state index contributed by atoms with van der Waals surface area (Å²) in [6.07, 6.45) is 1.80. The van der Waals surface area contributed by atoms with Crippen LogP contribution in [0.15, 0.2) is 40.4 Å². The molecule has 0 aliphatic heterocycles. The molecule has 0 amide bonds. The molecule has 0 aliphatic rings. The largest absolute Gasteiger partial charge is 0.249 e. The van der Waals surface area contributed by atoms with Crippen molar-refractivity contribution in [2.75, 3.05) is 0 Å². The summed E-state index contributed by atoms with van der Waals surface area (Å²) in [5.41, 5.74) is 1.21. The van der Waals surface area contributed by atoms with Gasteiger partial charge in [0.05, 0.1) is 0 Å². The first kappa shape index (κ1) is 7.95. The molecule has 0 aromatic carbocycles. The van der Waals surface area contributed by atoms with E-state index in [4.69, 9.17) is 0 Å². The van der Waals surface area contributed by atoms with Crippen molar-refractivity contribution in [1.29, 1.82) is 0 Å². The second kappa shape index (κ2) is 3.37. The summed E-state index contributed by atoms with van der Waals surface area (Å²) >= 11 is 5.08. The van der Waals surface area contributed by atoms with Crippen molar-refractivity contribution in [2.24, 2.45) is 0 Å². The van der Waals surface area contributed by atoms with Crippen LogP contribution >= 0.6 is 27.3 Å². The predicted molar refractivity (Wildman–Crippen MR) is 55.3 cm³/mol. The first-order valence-corrected chi connectivity index (χ1v) is 5.19. The van der Waals surface area contributed by atoms with E-state index in [2.05, 4.69) is 32.4 Å². The van der Waals surface area contributed by atoms with Gasteiger partial charge in [-0.05, 0) is 45.1 Å². The van der Waals surface area contributed by atoms with Crippen molar-refractivity contribution in [3.8, 4) is 10.4 Å². The fourth-order valence-electron chi connectivity index (χ4n) is 0.999. The normalized spacial score (nSPS) is 10.1. The number of pyridine rings is 1. The molecule has 0 unspecified atom stereocenters. The van der Waals surface area contributed by atoms with Crippen molar-refractivity contribution in [3.63, 3.8) is 0 Å². The molecule has 0 bridgehead atoms. The zero-order valence-electron chi connectivity index (χ0n) is 6.20. The first-order chi connectivity index (χ1) is 5.86. The van der Waals surface area contributed by atoms with Gasteiger partial charge in [0.2, 0.25) is 0 Å². The van der Waals surface area contributed by atoms with Crippen LogP contribution in [0.1, 0.15) is 0 Å². The number of aromatic nitrogens is 1. The Morgan fingerprint density at radius 2 is 2.25 bits per heavy atom. The molecule has 60 valence electrons. The molecule has 12 heavy (non-hydrogen) atoms. The second-order valence-corrected chi connectivity index (χ2v) is 4.10. The number of nitrogens with zero attached hydrogens (tertiary/aromatic N) is 1. The van der Waals surface area contributed by atoms with Gasteiger partial charge in [-0.3, -0.25) is 0 Å². The van der Waals surface area contributed by atoms with Gasteiger partial charge in [0.25, 0.3) is 0 Å². The lowest BCUT2D eigenvalue weighted by Gasteiger charge is -1.95. The third-order valence-corrected chi connectivity index (χ3v) is 2.88. The van der Waals surface area contributed by atoms with Crippen LogP contribution in [-0.4, -0.2) is 4.98 Å². The summed E-state index contributed by atoms with van der Waals surface area (Å²) in [4.78, 5) is 5.35. The van der Waals surface area contributed by atoms with Crippen molar-refractivity contribution >= 4 is 27.3 Å². The highest BCUT2D eigenvalue weighted by Gasteiger charge is 1.97. The maximum atomic E-state index is 4.07. The number of thiophene rings is 1. The van der Waals surface area contributed by atoms with Crippen LogP contribution < -0.4 is 0 Å². The Kier molecular flexibility index (Phi) is 2.23. The zero-order chi connectivity index (χ0) is 8.39. The zero-order valence-corrected chi connectivity index (χ0v) is 8.60. The molecule has 2 heterocycles. The predicted octanol–water partition coefficient (Wildman–Crippen LogP) is 3.57. The molecule has 0 spiro atoms. The minimum atomic E-state index is 0.883. The molecule has 3 heteroatoms. The van der Waals surface area contributed by atoms with Crippen molar-refractivity contribution in [3.05, 3.63) is 40.4 Å². The molecule has 0 saturated carbocycles. The Morgan fingerprint density at radius 3 is 2.92 bits per heavy atom. The first-order valence-electron chi connectivity index (χ1n) is 3.52. The minimum absolute atomic E-state index is 0.883. The van der Waals surface area contributed by atoms with Gasteiger partial charge in [-0.25, -0.2) is 4.98 Å². The summed E-state index contributed by atoms with van der Waals surface area (Å²) in [5.74, 6) is 0. The lowest BCUT2D eigenvalue weighted by Crippen LogP contribution is -1.75. The molecule has 0 aliphatic carbocycles. The summed E-state index contributed by atoms with van der Waals surface area (Å²) in [7, 11) is 0. The highest BCUT2D eigenvalue weighted by molar-refractivity contribution is 9.10. The van der Waals surface area contributed by atoms with Crippen molar-refractivity contribution in [1.82, 2.24) is 4.98 Å². The Morgan fingerprint density at radius 1 is 1.33 bits per heavy atom. The lowest BCUT2D eigenvalue weighted by molar-refractivity contribution is 1.28. The van der Waals surface area contributed by atoms with Gasteiger partial charge in [0, 0.05) is 11.1 Å². The SMILES string of the molecule is Brc1cc(-c2cccs2)ccn1. The number of rotatable bonds is 1. The van der Waals surface area contributed by atoms with E-state index in [1.807, 2.05) is 18.2 Å². The third-order valence-electron chi connectivity index (χ3n) is 1.53. The van der Waals surface area contributed by atoms with E-state index in [0.29, 0.717) is 0 Å². The van der Waals surface area contributed by atoms with E-state index in [9.17, 15) is 0 Å². The molecule has 2 aromatic rings. The number of hydrogen-bond acceptors (Lipinski definition) is 2. The van der Waals surface area contributed by atoms with Crippen LogP contribution in [0, 0.1) is 0 Å². The second-order valence-electron chi connectivity index (χ2n) is 2.34. The Hall–Kier alpha value is -0.670. The van der Waals surface area contributed by atoms with Crippen LogP contribution in [0.2, 0.25) is 0 Å².